The van der Waals surface area contributed by atoms with Crippen LogP contribution in [0.3, 0.4) is 0 Å². The SMILES string of the molecule is Cc1ccc(OCNC(=O)Nc2ccc(Cl)c(C(F)(F)F)c2)c(C(C)(C)C)c1. The molecule has 0 aliphatic carbocycles. The van der Waals surface area contributed by atoms with Crippen molar-refractivity contribution in [1.82, 2.24) is 5.32 Å². The van der Waals surface area contributed by atoms with Crippen LogP contribution in [-0.4, -0.2) is 12.8 Å². The minimum Gasteiger partial charge on any atom is -0.473 e. The van der Waals surface area contributed by atoms with Gasteiger partial charge in [-0.3, -0.25) is 0 Å². The number of carbonyl (C=O) groups is 1. The van der Waals surface area contributed by atoms with Crippen molar-refractivity contribution in [3.63, 3.8) is 0 Å². The number of anilines is 1. The number of benzene rings is 2. The van der Waals surface area contributed by atoms with Crippen LogP contribution in [0.5, 0.6) is 5.75 Å². The van der Waals surface area contributed by atoms with E-state index in [1.54, 1.807) is 0 Å². The summed E-state index contributed by atoms with van der Waals surface area (Å²) in [4.78, 5) is 12.0. The van der Waals surface area contributed by atoms with E-state index in [2.05, 4.69) is 10.6 Å². The van der Waals surface area contributed by atoms with Crippen LogP contribution in [0.15, 0.2) is 36.4 Å². The highest BCUT2D eigenvalue weighted by Gasteiger charge is 2.33. The maximum atomic E-state index is 12.9. The van der Waals surface area contributed by atoms with Gasteiger partial charge in [0, 0.05) is 5.69 Å². The zero-order chi connectivity index (χ0) is 21.1. The number of aryl methyl sites for hydroxylation is 1. The van der Waals surface area contributed by atoms with E-state index in [0.29, 0.717) is 5.75 Å². The molecular formula is C20H22ClF3N2O2. The molecule has 0 heterocycles. The van der Waals surface area contributed by atoms with Gasteiger partial charge in [-0.2, -0.15) is 13.2 Å². The molecule has 28 heavy (non-hydrogen) atoms. The minimum atomic E-state index is -4.61. The molecule has 8 heteroatoms. The molecule has 2 aromatic carbocycles. The highest BCUT2D eigenvalue weighted by molar-refractivity contribution is 6.31. The summed E-state index contributed by atoms with van der Waals surface area (Å²) in [5.41, 5.74) is 0.882. The van der Waals surface area contributed by atoms with Crippen LogP contribution in [0.1, 0.15) is 37.5 Å². The van der Waals surface area contributed by atoms with E-state index in [1.807, 2.05) is 45.9 Å². The number of rotatable bonds is 4. The lowest BCUT2D eigenvalue weighted by atomic mass is 9.85. The first kappa shape index (κ1) is 21.9. The standard InChI is InChI=1S/C20H22ClF3N2O2/c1-12-5-8-17(15(9-12)19(2,3)4)28-11-25-18(27)26-13-6-7-16(21)14(10-13)20(22,23)24/h5-10H,11H2,1-4H3,(H2,25,26,27). The van der Waals surface area contributed by atoms with Gasteiger partial charge in [-0.15, -0.1) is 0 Å². The van der Waals surface area contributed by atoms with Crippen LogP contribution in [0.2, 0.25) is 5.02 Å². The average molecular weight is 415 g/mol. The van der Waals surface area contributed by atoms with Crippen molar-refractivity contribution < 1.29 is 22.7 Å². The Bertz CT molecular complexity index is 862. The largest absolute Gasteiger partial charge is 0.473 e. The lowest BCUT2D eigenvalue weighted by molar-refractivity contribution is -0.137. The molecule has 0 saturated heterocycles. The quantitative estimate of drug-likeness (QED) is 0.592. The molecule has 152 valence electrons. The lowest BCUT2D eigenvalue weighted by Crippen LogP contribution is -2.32. The number of halogens is 4. The molecule has 2 aromatic rings. The molecule has 0 aromatic heterocycles. The zero-order valence-corrected chi connectivity index (χ0v) is 16.8. The maximum Gasteiger partial charge on any atom is 0.417 e. The Morgan fingerprint density at radius 2 is 1.75 bits per heavy atom. The van der Waals surface area contributed by atoms with Crippen molar-refractivity contribution in [3.8, 4) is 5.75 Å². The number of alkyl halides is 3. The monoisotopic (exact) mass is 414 g/mol. The summed E-state index contributed by atoms with van der Waals surface area (Å²) in [6.45, 7) is 7.98. The molecule has 0 bridgehead atoms. The van der Waals surface area contributed by atoms with Crippen molar-refractivity contribution in [1.29, 1.82) is 0 Å². The number of ether oxygens (including phenoxy) is 1. The lowest BCUT2D eigenvalue weighted by Gasteiger charge is -2.23. The Labute approximate surface area is 167 Å². The van der Waals surface area contributed by atoms with E-state index in [9.17, 15) is 18.0 Å². The molecule has 2 rings (SSSR count). The van der Waals surface area contributed by atoms with Crippen molar-refractivity contribution in [2.75, 3.05) is 12.0 Å². The van der Waals surface area contributed by atoms with Crippen LogP contribution >= 0.6 is 11.6 Å². The second-order valence-electron chi connectivity index (χ2n) is 7.36. The van der Waals surface area contributed by atoms with Gasteiger partial charge in [-0.05, 0) is 42.2 Å². The highest BCUT2D eigenvalue weighted by Crippen LogP contribution is 2.36. The van der Waals surface area contributed by atoms with Crippen LogP contribution in [0, 0.1) is 6.92 Å². The highest BCUT2D eigenvalue weighted by atomic mass is 35.5. The predicted octanol–water partition coefficient (Wildman–Crippen LogP) is 6.12. The van der Waals surface area contributed by atoms with Crippen LogP contribution < -0.4 is 15.4 Å². The first-order chi connectivity index (χ1) is 12.9. The van der Waals surface area contributed by atoms with Gasteiger partial charge in [-0.25, -0.2) is 4.79 Å². The third kappa shape index (κ3) is 5.79. The Morgan fingerprint density at radius 3 is 2.36 bits per heavy atom. The Hall–Kier alpha value is -2.41. The third-order valence-electron chi connectivity index (χ3n) is 3.93. The van der Waals surface area contributed by atoms with E-state index in [1.165, 1.54) is 6.07 Å². The molecule has 0 aliphatic heterocycles. The second-order valence-corrected chi connectivity index (χ2v) is 7.77. The Balaban J connectivity index is 2.00. The summed E-state index contributed by atoms with van der Waals surface area (Å²) < 4.78 is 44.3. The number of nitrogens with one attached hydrogen (secondary N) is 2. The first-order valence-corrected chi connectivity index (χ1v) is 8.91. The first-order valence-electron chi connectivity index (χ1n) is 8.53. The van der Waals surface area contributed by atoms with E-state index in [0.717, 1.165) is 23.3 Å². The molecule has 0 saturated carbocycles. The van der Waals surface area contributed by atoms with Crippen molar-refractivity contribution >= 4 is 23.3 Å². The summed E-state index contributed by atoms with van der Waals surface area (Å²) in [5, 5.41) is 4.36. The molecule has 2 amide bonds. The summed E-state index contributed by atoms with van der Waals surface area (Å²) in [6.07, 6.45) is -4.61. The normalized spacial score (nSPS) is 11.9. The number of hydrogen-bond donors (Lipinski definition) is 2. The van der Waals surface area contributed by atoms with Crippen LogP contribution in [0.4, 0.5) is 23.7 Å². The minimum absolute atomic E-state index is 0.0278. The van der Waals surface area contributed by atoms with Gasteiger partial charge < -0.3 is 15.4 Å². The van der Waals surface area contributed by atoms with Crippen molar-refractivity contribution in [2.45, 2.75) is 39.3 Å². The van der Waals surface area contributed by atoms with Crippen LogP contribution in [0.25, 0.3) is 0 Å². The van der Waals surface area contributed by atoms with Crippen molar-refractivity contribution in [2.24, 2.45) is 0 Å². The Kier molecular flexibility index (Phi) is 6.49. The molecule has 0 fully saturated rings. The fraction of sp³-hybridized carbons (Fsp3) is 0.350. The van der Waals surface area contributed by atoms with E-state index in [4.69, 9.17) is 16.3 Å². The topological polar surface area (TPSA) is 50.4 Å². The van der Waals surface area contributed by atoms with Crippen molar-refractivity contribution in [3.05, 3.63) is 58.1 Å². The van der Waals surface area contributed by atoms with Gasteiger partial charge in [0.2, 0.25) is 0 Å². The average Bonchev–Trinajstić information content (AvgIpc) is 2.56. The summed E-state index contributed by atoms with van der Waals surface area (Å²) >= 11 is 5.56. The van der Waals surface area contributed by atoms with Gasteiger partial charge in [0.15, 0.2) is 6.73 Å². The van der Waals surface area contributed by atoms with Gasteiger partial charge in [0.25, 0.3) is 0 Å². The molecule has 0 unspecified atom stereocenters. The van der Waals surface area contributed by atoms with Gasteiger partial charge >= 0.3 is 12.2 Å². The number of hydrogen-bond acceptors (Lipinski definition) is 2. The maximum absolute atomic E-state index is 12.9. The molecule has 0 radical (unpaired) electrons. The molecule has 0 aliphatic rings. The van der Waals surface area contributed by atoms with Gasteiger partial charge in [0.05, 0.1) is 10.6 Å². The fourth-order valence-corrected chi connectivity index (χ4v) is 2.76. The molecule has 4 nitrogen and oxygen atoms in total. The summed E-state index contributed by atoms with van der Waals surface area (Å²) in [6, 6.07) is 8.19. The number of amides is 2. The van der Waals surface area contributed by atoms with Crippen LogP contribution in [-0.2, 0) is 11.6 Å². The molecule has 2 N–H and O–H groups in total. The fourth-order valence-electron chi connectivity index (χ4n) is 2.53. The molecule has 0 spiro atoms. The number of carbonyl (C=O) groups excluding carboxylic acids is 1. The third-order valence-corrected chi connectivity index (χ3v) is 4.26. The smallest absolute Gasteiger partial charge is 0.417 e. The van der Waals surface area contributed by atoms with Gasteiger partial charge in [0.1, 0.15) is 5.75 Å². The van der Waals surface area contributed by atoms with E-state index < -0.39 is 22.8 Å². The van der Waals surface area contributed by atoms with E-state index >= 15 is 0 Å². The second kappa shape index (κ2) is 8.31. The molecule has 0 atom stereocenters. The summed E-state index contributed by atoms with van der Waals surface area (Å²) in [5.74, 6) is 0.629. The number of urea groups is 1. The summed E-state index contributed by atoms with van der Waals surface area (Å²) in [7, 11) is 0. The van der Waals surface area contributed by atoms with Gasteiger partial charge in [-0.1, -0.05) is 50.1 Å². The Morgan fingerprint density at radius 1 is 1.07 bits per heavy atom. The van der Waals surface area contributed by atoms with E-state index in [-0.39, 0.29) is 17.8 Å². The zero-order valence-electron chi connectivity index (χ0n) is 16.0. The molecular weight excluding hydrogens is 393 g/mol. The predicted molar refractivity (Wildman–Crippen MR) is 104 cm³/mol.